The molecule has 0 fully saturated rings. The normalized spacial score (nSPS) is 10.8. The molecule has 0 aliphatic rings. The van der Waals surface area contributed by atoms with Gasteiger partial charge in [-0.3, -0.25) is 9.59 Å². The molecule has 0 atom stereocenters. The van der Waals surface area contributed by atoms with Crippen LogP contribution in [0.4, 0.5) is 5.82 Å². The molecule has 0 bridgehead atoms. The highest BCUT2D eigenvalue weighted by molar-refractivity contribution is 7.16. The van der Waals surface area contributed by atoms with Crippen LogP contribution in [0.1, 0.15) is 32.3 Å². The number of halogens is 1. The van der Waals surface area contributed by atoms with E-state index in [1.54, 1.807) is 41.4 Å². The minimum Gasteiger partial charge on any atom is -0.467 e. The number of nitrogens with one attached hydrogen (secondary N) is 1. The van der Waals surface area contributed by atoms with Crippen LogP contribution in [-0.4, -0.2) is 25.2 Å². The molecule has 9 nitrogen and oxygen atoms in total. The number of carbonyl (C=O) groups is 1. The fraction of sp³-hybridized carbons (Fsp3) is 0.0800. The monoisotopic (exact) mass is 548 g/mol. The number of furan rings is 1. The van der Waals surface area contributed by atoms with Gasteiger partial charge in [0.05, 0.1) is 29.2 Å². The third kappa shape index (κ3) is 4.90. The molecule has 5 heterocycles. The summed E-state index contributed by atoms with van der Waals surface area (Å²) in [7, 11) is 0. The number of nitrogens with zero attached hydrogens (tertiary/aromatic N) is 5. The Hall–Kier alpha value is -4.24. The minimum atomic E-state index is -0.497. The number of rotatable bonds is 8. The van der Waals surface area contributed by atoms with Crippen LogP contribution in [-0.2, 0) is 13.1 Å². The Balaban J connectivity index is 1.64. The molecule has 5 aromatic heterocycles. The van der Waals surface area contributed by atoms with Crippen molar-refractivity contribution in [1.29, 1.82) is 5.26 Å². The maximum Gasteiger partial charge on any atom is 0.299 e. The van der Waals surface area contributed by atoms with Gasteiger partial charge in [0.2, 0.25) is 0 Å². The van der Waals surface area contributed by atoms with Crippen molar-refractivity contribution in [2.75, 3.05) is 5.32 Å². The van der Waals surface area contributed by atoms with Gasteiger partial charge in [-0.25, -0.2) is 4.98 Å². The zero-order valence-corrected chi connectivity index (χ0v) is 21.4. The zero-order valence-electron chi connectivity index (χ0n) is 19.1. The lowest BCUT2D eigenvalue weighted by Crippen LogP contribution is -2.22. The van der Waals surface area contributed by atoms with E-state index in [-0.39, 0.29) is 34.9 Å². The average molecular weight is 549 g/mol. The van der Waals surface area contributed by atoms with E-state index in [1.807, 2.05) is 6.07 Å². The maximum absolute atomic E-state index is 13.3. The van der Waals surface area contributed by atoms with Crippen LogP contribution in [0, 0.1) is 11.3 Å². The lowest BCUT2D eigenvalue weighted by atomic mass is 10.1. The number of nitriles is 1. The van der Waals surface area contributed by atoms with E-state index >= 15 is 0 Å². The van der Waals surface area contributed by atoms with E-state index < -0.39 is 5.91 Å². The first-order chi connectivity index (χ1) is 18.0. The van der Waals surface area contributed by atoms with Gasteiger partial charge in [0.15, 0.2) is 5.82 Å². The molecule has 184 valence electrons. The molecule has 0 unspecified atom stereocenters. The third-order valence-corrected chi connectivity index (χ3v) is 7.23. The number of thiophene rings is 1. The summed E-state index contributed by atoms with van der Waals surface area (Å²) >= 11 is 8.72. The molecule has 5 rings (SSSR count). The highest BCUT2D eigenvalue weighted by Crippen LogP contribution is 2.31. The second kappa shape index (κ2) is 10.4. The molecule has 1 N–H and O–H groups in total. The Labute approximate surface area is 223 Å². The summed E-state index contributed by atoms with van der Waals surface area (Å²) in [6, 6.07) is 10.9. The van der Waals surface area contributed by atoms with Crippen molar-refractivity contribution in [2.45, 2.75) is 13.1 Å². The SMILES string of the molecule is C=Cc1cc(-c2nn(C(=O)c3cscn3)c(NCc3ccc(Cl)s3)c2C#N)cn(Cc2ccco2)c1=O. The van der Waals surface area contributed by atoms with E-state index in [9.17, 15) is 14.9 Å². The molecule has 12 heteroatoms. The lowest BCUT2D eigenvalue weighted by molar-refractivity contribution is 0.0943. The molecular formula is C25H17ClN6O3S2. The number of anilines is 1. The lowest BCUT2D eigenvalue weighted by Gasteiger charge is -2.08. The van der Waals surface area contributed by atoms with E-state index in [0.29, 0.717) is 27.8 Å². The molecule has 0 saturated heterocycles. The molecule has 0 saturated carbocycles. The molecular weight excluding hydrogens is 532 g/mol. The van der Waals surface area contributed by atoms with Crippen molar-refractivity contribution in [1.82, 2.24) is 19.3 Å². The summed E-state index contributed by atoms with van der Waals surface area (Å²) in [5, 5.41) is 19.5. The number of hydrogen-bond acceptors (Lipinski definition) is 9. The van der Waals surface area contributed by atoms with E-state index in [1.165, 1.54) is 39.6 Å². The highest BCUT2D eigenvalue weighted by atomic mass is 35.5. The van der Waals surface area contributed by atoms with Crippen molar-refractivity contribution >= 4 is 52.1 Å². The van der Waals surface area contributed by atoms with Crippen LogP contribution in [0.3, 0.4) is 0 Å². The van der Waals surface area contributed by atoms with Crippen LogP contribution in [0.15, 0.2) is 69.5 Å². The van der Waals surface area contributed by atoms with Crippen molar-refractivity contribution in [3.8, 4) is 17.3 Å². The Morgan fingerprint density at radius 2 is 2.22 bits per heavy atom. The minimum absolute atomic E-state index is 0.143. The molecule has 0 aliphatic heterocycles. The van der Waals surface area contributed by atoms with Crippen molar-refractivity contribution in [2.24, 2.45) is 0 Å². The number of aromatic nitrogens is 4. The van der Waals surface area contributed by atoms with Crippen LogP contribution in [0.5, 0.6) is 0 Å². The van der Waals surface area contributed by atoms with Crippen LogP contribution >= 0.6 is 34.3 Å². The Morgan fingerprint density at radius 1 is 1.35 bits per heavy atom. The number of pyridine rings is 1. The van der Waals surface area contributed by atoms with Gasteiger partial charge in [0.25, 0.3) is 11.5 Å². The molecule has 0 spiro atoms. The number of carbonyl (C=O) groups excluding carboxylic acids is 1. The van der Waals surface area contributed by atoms with Gasteiger partial charge in [-0.05, 0) is 30.3 Å². The second-order valence-corrected chi connectivity index (χ2v) is 10.3. The third-order valence-electron chi connectivity index (χ3n) is 5.41. The van der Waals surface area contributed by atoms with Gasteiger partial charge < -0.3 is 14.3 Å². The molecule has 5 aromatic rings. The fourth-order valence-corrected chi connectivity index (χ4v) is 5.26. The Bertz CT molecular complexity index is 1690. The van der Waals surface area contributed by atoms with Gasteiger partial charge >= 0.3 is 0 Å². The van der Waals surface area contributed by atoms with E-state index in [0.717, 1.165) is 9.56 Å². The molecule has 0 radical (unpaired) electrons. The van der Waals surface area contributed by atoms with Crippen LogP contribution in [0.2, 0.25) is 4.34 Å². The van der Waals surface area contributed by atoms with Crippen molar-refractivity contribution in [3.05, 3.63) is 102 Å². The largest absolute Gasteiger partial charge is 0.467 e. The first kappa shape index (κ1) is 24.5. The molecule has 0 amide bonds. The van der Waals surface area contributed by atoms with E-state index in [4.69, 9.17) is 16.0 Å². The summed E-state index contributed by atoms with van der Waals surface area (Å²) in [6.07, 6.45) is 4.55. The quantitative estimate of drug-likeness (QED) is 0.278. The summed E-state index contributed by atoms with van der Waals surface area (Å²) in [6.45, 7) is 4.24. The molecule has 37 heavy (non-hydrogen) atoms. The van der Waals surface area contributed by atoms with Gasteiger partial charge in [-0.15, -0.1) is 22.7 Å². The second-order valence-electron chi connectivity index (χ2n) is 7.73. The highest BCUT2D eigenvalue weighted by Gasteiger charge is 2.26. The van der Waals surface area contributed by atoms with Crippen LogP contribution < -0.4 is 10.9 Å². The van der Waals surface area contributed by atoms with Gasteiger partial charge in [0.1, 0.15) is 28.8 Å². The standard InChI is InChI=1S/C25H17ClN6O3S2/c1-2-15-8-16(11-31(24(15)33)12-17-4-3-7-35-17)22-19(9-27)23(28-10-18-5-6-21(26)37-18)32(30-22)25(34)20-13-36-14-29-20/h2-8,11,13-14,28H,1,10,12H2. The Morgan fingerprint density at radius 3 is 2.86 bits per heavy atom. The summed E-state index contributed by atoms with van der Waals surface area (Å²) < 4.78 is 8.61. The van der Waals surface area contributed by atoms with E-state index in [2.05, 4.69) is 28.0 Å². The zero-order chi connectivity index (χ0) is 25.9. The van der Waals surface area contributed by atoms with Gasteiger partial charge in [-0.1, -0.05) is 24.3 Å². The summed E-state index contributed by atoms with van der Waals surface area (Å²) in [5.41, 5.74) is 2.61. The topological polar surface area (TPSA) is 119 Å². The Kier molecular flexibility index (Phi) is 6.87. The van der Waals surface area contributed by atoms with Gasteiger partial charge in [0, 0.05) is 27.6 Å². The molecule has 0 aromatic carbocycles. The summed E-state index contributed by atoms with van der Waals surface area (Å²) in [4.78, 5) is 31.3. The van der Waals surface area contributed by atoms with Gasteiger partial charge in [-0.2, -0.15) is 15.0 Å². The number of thiazole rings is 1. The number of hydrogen-bond donors (Lipinski definition) is 1. The summed E-state index contributed by atoms with van der Waals surface area (Å²) in [5.74, 6) is 0.295. The van der Waals surface area contributed by atoms with Crippen molar-refractivity contribution < 1.29 is 9.21 Å². The maximum atomic E-state index is 13.3. The first-order valence-corrected chi connectivity index (χ1v) is 13.0. The van der Waals surface area contributed by atoms with Crippen LogP contribution in [0.25, 0.3) is 17.3 Å². The molecule has 0 aliphatic carbocycles. The predicted octanol–water partition coefficient (Wildman–Crippen LogP) is 5.34. The fourth-order valence-electron chi connectivity index (χ4n) is 3.70. The van der Waals surface area contributed by atoms with Crippen molar-refractivity contribution in [3.63, 3.8) is 0 Å². The predicted molar refractivity (Wildman–Crippen MR) is 143 cm³/mol. The smallest absolute Gasteiger partial charge is 0.299 e. The first-order valence-electron chi connectivity index (χ1n) is 10.8. The average Bonchev–Trinajstić information content (AvgIpc) is 3.71.